The topological polar surface area (TPSA) is 38.2 Å². The first-order chi connectivity index (χ1) is 9.58. The van der Waals surface area contributed by atoms with Crippen LogP contribution in [0.2, 0.25) is 5.15 Å². The van der Waals surface area contributed by atoms with Crippen LogP contribution in [-0.4, -0.2) is 35.3 Å². The van der Waals surface area contributed by atoms with Gasteiger partial charge in [0.25, 0.3) is 0 Å². The maximum Gasteiger partial charge on any atom is 0.137 e. The molecule has 1 saturated carbocycles. The Morgan fingerprint density at radius 1 is 1.30 bits per heavy atom. The van der Waals surface area contributed by atoms with Crippen LogP contribution in [0.25, 0.3) is 0 Å². The highest BCUT2D eigenvalue weighted by Crippen LogP contribution is 2.35. The van der Waals surface area contributed by atoms with Gasteiger partial charge in [0.05, 0.1) is 18.8 Å². The Hall–Kier alpha value is -0.870. The summed E-state index contributed by atoms with van der Waals surface area (Å²) in [7, 11) is 0. The van der Waals surface area contributed by atoms with Crippen molar-refractivity contribution >= 4 is 17.4 Å². The normalized spacial score (nSPS) is 26.1. The average Bonchev–Trinajstić information content (AvgIpc) is 2.89. The molecule has 1 aliphatic heterocycles. The van der Waals surface area contributed by atoms with Crippen LogP contribution in [0.1, 0.15) is 50.4 Å². The van der Waals surface area contributed by atoms with Gasteiger partial charge in [-0.05, 0) is 26.2 Å². The molecule has 2 unspecified atom stereocenters. The number of fused-ring (bicyclic) bond motifs is 1. The van der Waals surface area contributed by atoms with Crippen LogP contribution in [-0.2, 0) is 4.74 Å². The van der Waals surface area contributed by atoms with E-state index < -0.39 is 0 Å². The Labute approximate surface area is 125 Å². The maximum atomic E-state index is 6.32. The highest BCUT2D eigenvalue weighted by molar-refractivity contribution is 6.30. The van der Waals surface area contributed by atoms with Gasteiger partial charge in [0, 0.05) is 18.0 Å². The lowest BCUT2D eigenvalue weighted by Crippen LogP contribution is -2.49. The van der Waals surface area contributed by atoms with E-state index in [0.29, 0.717) is 17.3 Å². The lowest BCUT2D eigenvalue weighted by molar-refractivity contribution is 0.0252. The van der Waals surface area contributed by atoms with E-state index in [0.717, 1.165) is 36.8 Å². The van der Waals surface area contributed by atoms with Crippen molar-refractivity contribution in [2.24, 2.45) is 0 Å². The summed E-state index contributed by atoms with van der Waals surface area (Å²) in [4.78, 5) is 11.6. The molecular formula is C15H22ClN3O. The lowest BCUT2D eigenvalue weighted by Gasteiger charge is -2.39. The number of rotatable bonds is 2. The van der Waals surface area contributed by atoms with Crippen LogP contribution in [0.4, 0.5) is 5.82 Å². The molecule has 0 spiro atoms. The summed E-state index contributed by atoms with van der Waals surface area (Å²) in [5.74, 6) is 2.12. The van der Waals surface area contributed by atoms with Crippen LogP contribution < -0.4 is 4.90 Å². The molecule has 1 aliphatic carbocycles. The number of hydrogen-bond acceptors (Lipinski definition) is 4. The summed E-state index contributed by atoms with van der Waals surface area (Å²) in [6, 6.07) is 0.452. The monoisotopic (exact) mass is 295 g/mol. The standard InChI is InChI=1S/C15H22ClN3O/c1-9(2)14-17-13(16)10(3)15(18-14)19-7-8-20-12-6-4-5-11(12)19/h9,11-12H,4-8H2,1-3H3. The van der Waals surface area contributed by atoms with Crippen molar-refractivity contribution in [1.82, 2.24) is 9.97 Å². The van der Waals surface area contributed by atoms with Crippen molar-refractivity contribution in [2.75, 3.05) is 18.1 Å². The summed E-state index contributed by atoms with van der Waals surface area (Å²) in [5, 5.41) is 0.583. The molecule has 1 aromatic heterocycles. The van der Waals surface area contributed by atoms with Crippen LogP contribution in [0.15, 0.2) is 0 Å². The fraction of sp³-hybridized carbons (Fsp3) is 0.733. The molecule has 2 fully saturated rings. The molecule has 0 radical (unpaired) electrons. The Morgan fingerprint density at radius 2 is 2.10 bits per heavy atom. The Bertz CT molecular complexity index is 506. The number of ether oxygens (including phenoxy) is 1. The SMILES string of the molecule is Cc1c(Cl)nc(C(C)C)nc1N1CCOC2CCCC21. The minimum atomic E-state index is 0.285. The van der Waals surface area contributed by atoms with Crippen LogP contribution >= 0.6 is 11.6 Å². The molecule has 2 aliphatic rings. The lowest BCUT2D eigenvalue weighted by atomic mass is 10.1. The van der Waals surface area contributed by atoms with Gasteiger partial charge in [0.2, 0.25) is 0 Å². The molecular weight excluding hydrogens is 274 g/mol. The zero-order valence-electron chi connectivity index (χ0n) is 12.4. The molecule has 0 bridgehead atoms. The highest BCUT2D eigenvalue weighted by atomic mass is 35.5. The van der Waals surface area contributed by atoms with Crippen molar-refractivity contribution in [3.8, 4) is 0 Å². The van der Waals surface area contributed by atoms with Gasteiger partial charge in [-0.2, -0.15) is 0 Å². The Kier molecular flexibility index (Phi) is 3.87. The second kappa shape index (κ2) is 5.49. The first kappa shape index (κ1) is 14.1. The second-order valence-corrected chi connectivity index (χ2v) is 6.43. The molecule has 0 N–H and O–H groups in total. The molecule has 2 atom stereocenters. The predicted octanol–water partition coefficient (Wildman–Crippen LogP) is 3.32. The van der Waals surface area contributed by atoms with Crippen molar-refractivity contribution in [2.45, 2.75) is 58.1 Å². The number of anilines is 1. The average molecular weight is 296 g/mol. The minimum absolute atomic E-state index is 0.285. The summed E-state index contributed by atoms with van der Waals surface area (Å²) in [5.41, 5.74) is 0.989. The first-order valence-corrected chi connectivity index (χ1v) is 7.88. The number of aromatic nitrogens is 2. The third-order valence-corrected chi connectivity index (χ3v) is 4.72. The molecule has 3 rings (SSSR count). The van der Waals surface area contributed by atoms with Crippen LogP contribution in [0.3, 0.4) is 0 Å². The largest absolute Gasteiger partial charge is 0.374 e. The van der Waals surface area contributed by atoms with Crippen LogP contribution in [0.5, 0.6) is 0 Å². The molecule has 0 aromatic carbocycles. The summed E-state index contributed by atoms with van der Waals surface area (Å²) >= 11 is 6.32. The fourth-order valence-corrected chi connectivity index (χ4v) is 3.39. The van der Waals surface area contributed by atoms with E-state index in [-0.39, 0.29) is 5.92 Å². The predicted molar refractivity (Wildman–Crippen MR) is 80.6 cm³/mol. The van der Waals surface area contributed by atoms with Gasteiger partial charge in [-0.15, -0.1) is 0 Å². The molecule has 110 valence electrons. The number of halogens is 1. The second-order valence-electron chi connectivity index (χ2n) is 6.08. The van der Waals surface area contributed by atoms with Gasteiger partial charge in [0.15, 0.2) is 0 Å². The third-order valence-electron chi connectivity index (χ3n) is 4.35. The van der Waals surface area contributed by atoms with Gasteiger partial charge in [-0.1, -0.05) is 25.4 Å². The third kappa shape index (κ3) is 2.40. The van der Waals surface area contributed by atoms with Gasteiger partial charge in [-0.3, -0.25) is 0 Å². The first-order valence-electron chi connectivity index (χ1n) is 7.50. The minimum Gasteiger partial charge on any atom is -0.374 e. The zero-order valence-corrected chi connectivity index (χ0v) is 13.2. The van der Waals surface area contributed by atoms with Crippen molar-refractivity contribution in [3.63, 3.8) is 0 Å². The van der Waals surface area contributed by atoms with E-state index in [9.17, 15) is 0 Å². The molecule has 4 nitrogen and oxygen atoms in total. The van der Waals surface area contributed by atoms with Gasteiger partial charge in [0.1, 0.15) is 16.8 Å². The van der Waals surface area contributed by atoms with Gasteiger partial charge >= 0.3 is 0 Å². The Morgan fingerprint density at radius 3 is 2.85 bits per heavy atom. The van der Waals surface area contributed by atoms with E-state index in [1.165, 1.54) is 12.8 Å². The van der Waals surface area contributed by atoms with Crippen molar-refractivity contribution in [3.05, 3.63) is 16.5 Å². The van der Waals surface area contributed by atoms with Crippen LogP contribution in [0, 0.1) is 6.92 Å². The van der Waals surface area contributed by atoms with E-state index in [1.54, 1.807) is 0 Å². The molecule has 5 heteroatoms. The zero-order chi connectivity index (χ0) is 14.3. The van der Waals surface area contributed by atoms with E-state index >= 15 is 0 Å². The van der Waals surface area contributed by atoms with Gasteiger partial charge < -0.3 is 9.64 Å². The molecule has 20 heavy (non-hydrogen) atoms. The molecule has 1 aromatic rings. The molecule has 1 saturated heterocycles. The van der Waals surface area contributed by atoms with E-state index in [2.05, 4.69) is 23.7 Å². The van der Waals surface area contributed by atoms with E-state index in [1.807, 2.05) is 6.92 Å². The summed E-state index contributed by atoms with van der Waals surface area (Å²) in [6.07, 6.45) is 3.94. The number of nitrogens with zero attached hydrogens (tertiary/aromatic N) is 3. The van der Waals surface area contributed by atoms with Crippen molar-refractivity contribution in [1.29, 1.82) is 0 Å². The van der Waals surface area contributed by atoms with Crippen molar-refractivity contribution < 1.29 is 4.74 Å². The fourth-order valence-electron chi connectivity index (χ4n) is 3.22. The Balaban J connectivity index is 1.99. The summed E-state index contributed by atoms with van der Waals surface area (Å²) in [6.45, 7) is 7.89. The number of hydrogen-bond donors (Lipinski definition) is 0. The smallest absolute Gasteiger partial charge is 0.137 e. The number of morpholine rings is 1. The maximum absolute atomic E-state index is 6.32. The molecule has 0 amide bonds. The van der Waals surface area contributed by atoms with E-state index in [4.69, 9.17) is 21.3 Å². The highest BCUT2D eigenvalue weighted by Gasteiger charge is 2.37. The quantitative estimate of drug-likeness (QED) is 0.785. The molecule has 2 heterocycles. The summed E-state index contributed by atoms with van der Waals surface area (Å²) < 4.78 is 5.88. The van der Waals surface area contributed by atoms with Gasteiger partial charge in [-0.25, -0.2) is 9.97 Å².